The second-order valence-corrected chi connectivity index (χ2v) is 6.27. The van der Waals surface area contributed by atoms with Crippen molar-refractivity contribution in [3.05, 3.63) is 59.7 Å². The monoisotopic (exact) mass is 327 g/mol. The van der Waals surface area contributed by atoms with E-state index in [0.717, 1.165) is 18.5 Å². The predicted molar refractivity (Wildman–Crippen MR) is 99.6 cm³/mol. The van der Waals surface area contributed by atoms with Crippen LogP contribution in [0.5, 0.6) is 11.5 Å². The number of hydrogen-bond donors (Lipinski definition) is 2. The summed E-state index contributed by atoms with van der Waals surface area (Å²) < 4.78 is 5.19. The lowest BCUT2D eigenvalue weighted by atomic mass is 10.00. The summed E-state index contributed by atoms with van der Waals surface area (Å²) in [5.41, 5.74) is 2.49. The zero-order valence-electron chi connectivity index (χ0n) is 14.8. The van der Waals surface area contributed by atoms with Crippen molar-refractivity contribution in [2.24, 2.45) is 0 Å². The molecule has 3 nitrogen and oxygen atoms in total. The minimum Gasteiger partial charge on any atom is -0.504 e. The van der Waals surface area contributed by atoms with Crippen LogP contribution >= 0.6 is 0 Å². The van der Waals surface area contributed by atoms with Crippen molar-refractivity contribution in [3.63, 3.8) is 0 Å². The van der Waals surface area contributed by atoms with Crippen molar-refractivity contribution in [2.45, 2.75) is 51.6 Å². The molecule has 2 N–H and O–H groups in total. The summed E-state index contributed by atoms with van der Waals surface area (Å²) in [4.78, 5) is 0. The van der Waals surface area contributed by atoms with Gasteiger partial charge in [0.15, 0.2) is 11.5 Å². The first-order chi connectivity index (χ1) is 11.7. The molecule has 0 aliphatic rings. The molecule has 1 atom stereocenters. The Bertz CT molecular complexity index is 598. The number of aromatic hydroxyl groups is 1. The Labute approximate surface area is 145 Å². The summed E-state index contributed by atoms with van der Waals surface area (Å²) >= 11 is 0. The fourth-order valence-electron chi connectivity index (χ4n) is 2.91. The third-order valence-electron chi connectivity index (χ3n) is 4.32. The zero-order chi connectivity index (χ0) is 17.2. The fourth-order valence-corrected chi connectivity index (χ4v) is 2.91. The molecule has 0 radical (unpaired) electrons. The van der Waals surface area contributed by atoms with E-state index in [1.165, 1.54) is 31.2 Å². The molecule has 3 heteroatoms. The normalized spacial score (nSPS) is 12.1. The zero-order valence-corrected chi connectivity index (χ0v) is 14.8. The summed E-state index contributed by atoms with van der Waals surface area (Å²) in [6.07, 6.45) is 5.99. The molecular formula is C21H29NO2. The van der Waals surface area contributed by atoms with Crippen LogP contribution < -0.4 is 10.1 Å². The number of methoxy groups -OCH3 is 1. The molecule has 0 aliphatic heterocycles. The van der Waals surface area contributed by atoms with Gasteiger partial charge in [0.25, 0.3) is 0 Å². The average molecular weight is 327 g/mol. The van der Waals surface area contributed by atoms with Crippen LogP contribution in [0.25, 0.3) is 0 Å². The van der Waals surface area contributed by atoms with E-state index in [1.54, 1.807) is 13.2 Å². The molecule has 24 heavy (non-hydrogen) atoms. The maximum Gasteiger partial charge on any atom is 0.160 e. The SMILES string of the molecule is CCCCCC(Cc1ccccc1)NCc1ccc(O)c(OC)c1. The summed E-state index contributed by atoms with van der Waals surface area (Å²) in [6, 6.07) is 16.6. The maximum absolute atomic E-state index is 9.71. The van der Waals surface area contributed by atoms with Crippen LogP contribution in [0.1, 0.15) is 43.7 Å². The summed E-state index contributed by atoms with van der Waals surface area (Å²) in [5, 5.41) is 13.4. The number of rotatable bonds is 10. The molecule has 0 fully saturated rings. The Morgan fingerprint density at radius 3 is 2.54 bits per heavy atom. The van der Waals surface area contributed by atoms with Crippen LogP contribution in [0, 0.1) is 0 Å². The average Bonchev–Trinajstić information content (AvgIpc) is 2.61. The van der Waals surface area contributed by atoms with Crippen molar-refractivity contribution in [1.29, 1.82) is 0 Å². The molecule has 0 bridgehead atoms. The molecule has 130 valence electrons. The van der Waals surface area contributed by atoms with Gasteiger partial charge in [-0.2, -0.15) is 0 Å². The largest absolute Gasteiger partial charge is 0.504 e. The molecule has 0 spiro atoms. The third kappa shape index (κ3) is 5.89. The molecule has 0 aliphatic carbocycles. The van der Waals surface area contributed by atoms with Crippen molar-refractivity contribution in [3.8, 4) is 11.5 Å². The van der Waals surface area contributed by atoms with E-state index in [2.05, 4.69) is 42.6 Å². The number of hydrogen-bond acceptors (Lipinski definition) is 3. The topological polar surface area (TPSA) is 41.5 Å². The number of phenolic OH excluding ortho intramolecular Hbond substituents is 1. The van der Waals surface area contributed by atoms with Crippen molar-refractivity contribution >= 4 is 0 Å². The van der Waals surface area contributed by atoms with Gasteiger partial charge in [-0.15, -0.1) is 0 Å². The van der Waals surface area contributed by atoms with Gasteiger partial charge in [0.1, 0.15) is 0 Å². The first-order valence-electron chi connectivity index (χ1n) is 8.86. The minimum atomic E-state index is 0.185. The molecule has 1 unspecified atom stereocenters. The quantitative estimate of drug-likeness (QED) is 0.622. The van der Waals surface area contributed by atoms with E-state index in [9.17, 15) is 5.11 Å². The number of ether oxygens (including phenoxy) is 1. The van der Waals surface area contributed by atoms with Crippen LogP contribution in [0.4, 0.5) is 0 Å². The fraction of sp³-hybridized carbons (Fsp3) is 0.429. The highest BCUT2D eigenvalue weighted by Gasteiger charge is 2.10. The van der Waals surface area contributed by atoms with Crippen LogP contribution in [0.3, 0.4) is 0 Å². The van der Waals surface area contributed by atoms with Crippen LogP contribution in [0.2, 0.25) is 0 Å². The number of benzene rings is 2. The van der Waals surface area contributed by atoms with E-state index in [1.807, 2.05) is 12.1 Å². The second kappa shape index (κ2) is 9.99. The Hall–Kier alpha value is -2.00. The van der Waals surface area contributed by atoms with Gasteiger partial charge in [0.2, 0.25) is 0 Å². The lowest BCUT2D eigenvalue weighted by molar-refractivity contribution is 0.372. The van der Waals surface area contributed by atoms with Gasteiger partial charge in [-0.25, -0.2) is 0 Å². The molecule has 0 saturated heterocycles. The standard InChI is InChI=1S/C21H29NO2/c1-3-4-6-11-19(14-17-9-7-5-8-10-17)22-16-18-12-13-20(23)21(15-18)24-2/h5,7-10,12-13,15,19,22-23H,3-4,6,11,14,16H2,1-2H3. The molecule has 0 heterocycles. The molecule has 2 aromatic carbocycles. The van der Waals surface area contributed by atoms with E-state index in [4.69, 9.17) is 4.74 Å². The molecule has 0 amide bonds. The molecule has 0 aromatic heterocycles. The predicted octanol–water partition coefficient (Wildman–Crippen LogP) is 4.68. The van der Waals surface area contributed by atoms with E-state index in [-0.39, 0.29) is 5.75 Å². The van der Waals surface area contributed by atoms with Gasteiger partial charge in [-0.1, -0.05) is 62.6 Å². The van der Waals surface area contributed by atoms with Crippen LogP contribution in [-0.4, -0.2) is 18.3 Å². The minimum absolute atomic E-state index is 0.185. The summed E-state index contributed by atoms with van der Waals surface area (Å²) in [5.74, 6) is 0.713. The molecule has 0 saturated carbocycles. The van der Waals surface area contributed by atoms with Gasteiger partial charge < -0.3 is 15.2 Å². The lowest BCUT2D eigenvalue weighted by Gasteiger charge is -2.19. The van der Waals surface area contributed by atoms with Gasteiger partial charge in [0, 0.05) is 12.6 Å². The first-order valence-corrected chi connectivity index (χ1v) is 8.86. The third-order valence-corrected chi connectivity index (χ3v) is 4.32. The number of nitrogens with one attached hydrogen (secondary N) is 1. The molecule has 2 aromatic rings. The number of unbranched alkanes of at least 4 members (excludes halogenated alkanes) is 2. The van der Waals surface area contributed by atoms with Crippen molar-refractivity contribution in [1.82, 2.24) is 5.32 Å². The van der Waals surface area contributed by atoms with Crippen LogP contribution in [-0.2, 0) is 13.0 Å². The molecule has 2 rings (SSSR count). The first kappa shape index (κ1) is 18.3. The van der Waals surface area contributed by atoms with Crippen molar-refractivity contribution in [2.75, 3.05) is 7.11 Å². The highest BCUT2D eigenvalue weighted by atomic mass is 16.5. The Morgan fingerprint density at radius 1 is 1.04 bits per heavy atom. The maximum atomic E-state index is 9.71. The van der Waals surface area contributed by atoms with Gasteiger partial charge in [0.05, 0.1) is 7.11 Å². The second-order valence-electron chi connectivity index (χ2n) is 6.27. The summed E-state index contributed by atoms with van der Waals surface area (Å²) in [6.45, 7) is 3.02. The highest BCUT2D eigenvalue weighted by molar-refractivity contribution is 5.41. The van der Waals surface area contributed by atoms with Gasteiger partial charge in [-0.3, -0.25) is 0 Å². The van der Waals surface area contributed by atoms with Crippen LogP contribution in [0.15, 0.2) is 48.5 Å². The molecular weight excluding hydrogens is 298 g/mol. The highest BCUT2D eigenvalue weighted by Crippen LogP contribution is 2.26. The number of phenols is 1. The van der Waals surface area contributed by atoms with Gasteiger partial charge in [-0.05, 0) is 36.1 Å². The Balaban J connectivity index is 1.96. The van der Waals surface area contributed by atoms with E-state index in [0.29, 0.717) is 11.8 Å². The lowest BCUT2D eigenvalue weighted by Crippen LogP contribution is -2.30. The van der Waals surface area contributed by atoms with E-state index >= 15 is 0 Å². The van der Waals surface area contributed by atoms with Gasteiger partial charge >= 0.3 is 0 Å². The Morgan fingerprint density at radius 2 is 1.83 bits per heavy atom. The van der Waals surface area contributed by atoms with E-state index < -0.39 is 0 Å². The van der Waals surface area contributed by atoms with Crippen molar-refractivity contribution < 1.29 is 9.84 Å². The smallest absolute Gasteiger partial charge is 0.160 e. The summed E-state index contributed by atoms with van der Waals surface area (Å²) in [7, 11) is 1.58. The Kier molecular flexibility index (Phi) is 7.63.